The molecule has 1 aliphatic heterocycles. The molecule has 0 saturated carbocycles. The van der Waals surface area contributed by atoms with E-state index in [1.807, 2.05) is 24.3 Å². The van der Waals surface area contributed by atoms with E-state index in [1.54, 1.807) is 6.21 Å². The second-order valence-electron chi connectivity index (χ2n) is 2.81. The first-order valence-electron chi connectivity index (χ1n) is 4.13. The Morgan fingerprint density at radius 3 is 3.15 bits per heavy atom. The summed E-state index contributed by atoms with van der Waals surface area (Å²) >= 11 is 0. The SMILES string of the molecule is C#CCC1C=Nc2ccccc2O1. The van der Waals surface area contributed by atoms with Crippen LogP contribution in [0.1, 0.15) is 6.42 Å². The smallest absolute Gasteiger partial charge is 0.145 e. The van der Waals surface area contributed by atoms with E-state index >= 15 is 0 Å². The number of terminal acetylenes is 1. The van der Waals surface area contributed by atoms with Crippen molar-refractivity contribution >= 4 is 11.9 Å². The summed E-state index contributed by atoms with van der Waals surface area (Å²) in [4.78, 5) is 4.25. The van der Waals surface area contributed by atoms with Gasteiger partial charge in [-0.25, -0.2) is 0 Å². The van der Waals surface area contributed by atoms with Crippen molar-refractivity contribution in [2.24, 2.45) is 4.99 Å². The van der Waals surface area contributed by atoms with E-state index in [4.69, 9.17) is 11.2 Å². The van der Waals surface area contributed by atoms with Gasteiger partial charge in [0, 0.05) is 6.21 Å². The van der Waals surface area contributed by atoms with E-state index in [9.17, 15) is 0 Å². The van der Waals surface area contributed by atoms with Crippen molar-refractivity contribution in [1.29, 1.82) is 0 Å². The Hall–Kier alpha value is -1.75. The quantitative estimate of drug-likeness (QED) is 0.593. The summed E-state index contributed by atoms with van der Waals surface area (Å²) in [7, 11) is 0. The van der Waals surface area contributed by atoms with Crippen molar-refractivity contribution < 1.29 is 4.74 Å². The Morgan fingerprint density at radius 1 is 1.46 bits per heavy atom. The highest BCUT2D eigenvalue weighted by atomic mass is 16.5. The highest BCUT2D eigenvalue weighted by Gasteiger charge is 2.13. The maximum atomic E-state index is 5.58. The zero-order valence-corrected chi connectivity index (χ0v) is 7.10. The topological polar surface area (TPSA) is 21.6 Å². The van der Waals surface area contributed by atoms with Crippen LogP contribution in [0.25, 0.3) is 0 Å². The molecule has 0 saturated heterocycles. The van der Waals surface area contributed by atoms with Crippen LogP contribution in [0.3, 0.4) is 0 Å². The van der Waals surface area contributed by atoms with E-state index in [0.717, 1.165) is 11.4 Å². The first kappa shape index (κ1) is 7.88. The molecule has 0 aliphatic carbocycles. The first-order chi connectivity index (χ1) is 6.40. The molecule has 1 atom stereocenters. The second kappa shape index (κ2) is 3.32. The lowest BCUT2D eigenvalue weighted by Gasteiger charge is -2.18. The second-order valence-corrected chi connectivity index (χ2v) is 2.81. The molecule has 0 bridgehead atoms. The molecule has 1 aliphatic rings. The van der Waals surface area contributed by atoms with Gasteiger partial charge < -0.3 is 4.74 Å². The third-order valence-corrected chi connectivity index (χ3v) is 1.84. The normalized spacial score (nSPS) is 18.5. The monoisotopic (exact) mass is 171 g/mol. The number of rotatable bonds is 1. The minimum absolute atomic E-state index is 0.0695. The van der Waals surface area contributed by atoms with Gasteiger partial charge in [-0.2, -0.15) is 0 Å². The molecule has 0 N–H and O–H groups in total. The van der Waals surface area contributed by atoms with Crippen molar-refractivity contribution in [3.8, 4) is 18.1 Å². The lowest BCUT2D eigenvalue weighted by Crippen LogP contribution is -2.19. The Morgan fingerprint density at radius 2 is 2.31 bits per heavy atom. The van der Waals surface area contributed by atoms with E-state index in [0.29, 0.717) is 6.42 Å². The van der Waals surface area contributed by atoms with Gasteiger partial charge in [-0.15, -0.1) is 12.3 Å². The lowest BCUT2D eigenvalue weighted by atomic mass is 10.2. The summed E-state index contributed by atoms with van der Waals surface area (Å²) in [6, 6.07) is 7.67. The molecule has 0 amide bonds. The maximum absolute atomic E-state index is 5.58. The summed E-state index contributed by atoms with van der Waals surface area (Å²) in [6.07, 6.45) is 7.44. The maximum Gasteiger partial charge on any atom is 0.145 e. The molecule has 2 nitrogen and oxygen atoms in total. The van der Waals surface area contributed by atoms with E-state index < -0.39 is 0 Å². The Labute approximate surface area is 77.3 Å². The third kappa shape index (κ3) is 1.54. The van der Waals surface area contributed by atoms with Crippen LogP contribution in [-0.2, 0) is 0 Å². The van der Waals surface area contributed by atoms with Crippen LogP contribution >= 0.6 is 0 Å². The number of nitrogens with zero attached hydrogens (tertiary/aromatic N) is 1. The number of benzene rings is 1. The molecule has 0 aromatic heterocycles. The van der Waals surface area contributed by atoms with Crippen LogP contribution in [0, 0.1) is 12.3 Å². The van der Waals surface area contributed by atoms with Crippen LogP contribution in [0.15, 0.2) is 29.3 Å². The van der Waals surface area contributed by atoms with E-state index in [-0.39, 0.29) is 6.10 Å². The molecular weight excluding hydrogens is 162 g/mol. The van der Waals surface area contributed by atoms with Gasteiger partial charge in [0.05, 0.1) is 6.42 Å². The predicted octanol–water partition coefficient (Wildman–Crippen LogP) is 2.17. The van der Waals surface area contributed by atoms with Gasteiger partial charge in [0.1, 0.15) is 17.5 Å². The molecule has 1 unspecified atom stereocenters. The number of aliphatic imine (C=N–C) groups is 1. The number of para-hydroxylation sites is 2. The van der Waals surface area contributed by atoms with Gasteiger partial charge in [-0.05, 0) is 12.1 Å². The fourth-order valence-electron chi connectivity index (χ4n) is 1.23. The van der Waals surface area contributed by atoms with Crippen LogP contribution in [0.5, 0.6) is 5.75 Å². The van der Waals surface area contributed by atoms with Crippen LogP contribution in [0.2, 0.25) is 0 Å². The molecule has 0 fully saturated rings. The van der Waals surface area contributed by atoms with Gasteiger partial charge in [-0.3, -0.25) is 4.99 Å². The molecular formula is C11H9NO. The molecule has 1 aromatic carbocycles. The fraction of sp³-hybridized carbons (Fsp3) is 0.182. The Kier molecular flexibility index (Phi) is 2.01. The van der Waals surface area contributed by atoms with Crippen LogP contribution < -0.4 is 4.74 Å². The fourth-order valence-corrected chi connectivity index (χ4v) is 1.23. The molecule has 2 heteroatoms. The number of ether oxygens (including phenoxy) is 1. The van der Waals surface area contributed by atoms with Crippen molar-refractivity contribution in [2.45, 2.75) is 12.5 Å². The number of hydrogen-bond donors (Lipinski definition) is 0. The van der Waals surface area contributed by atoms with Crippen molar-refractivity contribution in [2.75, 3.05) is 0 Å². The van der Waals surface area contributed by atoms with Crippen molar-refractivity contribution in [1.82, 2.24) is 0 Å². The number of fused-ring (bicyclic) bond motifs is 1. The summed E-state index contributed by atoms with van der Waals surface area (Å²) < 4.78 is 5.58. The summed E-state index contributed by atoms with van der Waals surface area (Å²) in [5.74, 6) is 3.36. The largest absolute Gasteiger partial charge is 0.481 e. The van der Waals surface area contributed by atoms with Gasteiger partial charge in [0.25, 0.3) is 0 Å². The van der Waals surface area contributed by atoms with Gasteiger partial charge in [-0.1, -0.05) is 12.1 Å². The zero-order valence-electron chi connectivity index (χ0n) is 7.10. The highest BCUT2D eigenvalue weighted by molar-refractivity contribution is 5.73. The van der Waals surface area contributed by atoms with Crippen molar-refractivity contribution in [3.05, 3.63) is 24.3 Å². The Bertz CT molecular complexity index is 376. The summed E-state index contributed by atoms with van der Waals surface area (Å²) in [5.41, 5.74) is 0.871. The highest BCUT2D eigenvalue weighted by Crippen LogP contribution is 2.30. The van der Waals surface area contributed by atoms with Gasteiger partial charge in [0.2, 0.25) is 0 Å². The molecule has 1 aromatic rings. The third-order valence-electron chi connectivity index (χ3n) is 1.84. The molecule has 13 heavy (non-hydrogen) atoms. The van der Waals surface area contributed by atoms with E-state index in [1.165, 1.54) is 0 Å². The molecule has 0 radical (unpaired) electrons. The molecule has 2 rings (SSSR count). The standard InChI is InChI=1S/C11H9NO/c1-2-5-9-8-12-10-6-3-4-7-11(10)13-9/h1,3-4,6-9H,5H2. The lowest BCUT2D eigenvalue weighted by molar-refractivity contribution is 0.274. The summed E-state index contributed by atoms with van der Waals surface area (Å²) in [5, 5.41) is 0. The average Bonchev–Trinajstić information content (AvgIpc) is 2.18. The number of hydrogen-bond acceptors (Lipinski definition) is 2. The Balaban J connectivity index is 2.25. The van der Waals surface area contributed by atoms with Gasteiger partial charge >= 0.3 is 0 Å². The average molecular weight is 171 g/mol. The van der Waals surface area contributed by atoms with Crippen LogP contribution in [-0.4, -0.2) is 12.3 Å². The molecule has 1 heterocycles. The van der Waals surface area contributed by atoms with Crippen LogP contribution in [0.4, 0.5) is 5.69 Å². The zero-order chi connectivity index (χ0) is 9.10. The van der Waals surface area contributed by atoms with Gasteiger partial charge in [0.15, 0.2) is 0 Å². The first-order valence-corrected chi connectivity index (χ1v) is 4.13. The van der Waals surface area contributed by atoms with Crippen molar-refractivity contribution in [3.63, 3.8) is 0 Å². The minimum Gasteiger partial charge on any atom is -0.481 e. The predicted molar refractivity (Wildman–Crippen MR) is 52.5 cm³/mol. The van der Waals surface area contributed by atoms with E-state index in [2.05, 4.69) is 10.9 Å². The minimum atomic E-state index is -0.0695. The molecule has 64 valence electrons. The molecule has 0 spiro atoms. The summed E-state index contributed by atoms with van der Waals surface area (Å²) in [6.45, 7) is 0.